The molecule has 0 radical (unpaired) electrons. The number of nitrogens with zero attached hydrogens (tertiary/aromatic N) is 1. The van der Waals surface area contributed by atoms with Gasteiger partial charge < -0.3 is 20.6 Å². The Labute approximate surface area is 115 Å². The Balaban J connectivity index is 1.87. The van der Waals surface area contributed by atoms with Gasteiger partial charge in [-0.05, 0) is 30.7 Å². The minimum absolute atomic E-state index is 0.200. The maximum atomic E-state index is 11.9. The molecule has 1 heterocycles. The van der Waals surface area contributed by atoms with Gasteiger partial charge in [-0.25, -0.2) is 9.59 Å². The summed E-state index contributed by atoms with van der Waals surface area (Å²) < 4.78 is 0. The van der Waals surface area contributed by atoms with Crippen molar-refractivity contribution in [1.29, 1.82) is 0 Å². The van der Waals surface area contributed by atoms with Crippen molar-refractivity contribution in [3.05, 3.63) is 29.3 Å². The lowest BCUT2D eigenvalue weighted by Crippen LogP contribution is -2.39. The molecule has 1 fully saturated rings. The molecule has 1 aliphatic heterocycles. The van der Waals surface area contributed by atoms with Crippen molar-refractivity contribution in [2.75, 3.05) is 18.4 Å². The average Bonchev–Trinajstić information content (AvgIpc) is 2.80. The minimum Gasteiger partial charge on any atom is -0.465 e. The van der Waals surface area contributed by atoms with E-state index in [1.54, 1.807) is 29.2 Å². The van der Waals surface area contributed by atoms with Gasteiger partial charge in [0.05, 0.1) is 6.04 Å². The predicted molar refractivity (Wildman–Crippen MR) is 71.6 cm³/mol. The number of amides is 3. The number of hydrogen-bond donors (Lipinski definition) is 3. The number of benzene rings is 1. The van der Waals surface area contributed by atoms with E-state index in [-0.39, 0.29) is 12.1 Å². The Hall–Kier alpha value is -1.95. The number of rotatable bonds is 2. The summed E-state index contributed by atoms with van der Waals surface area (Å²) in [5.74, 6) is 0. The molecule has 1 atom stereocenters. The van der Waals surface area contributed by atoms with Crippen molar-refractivity contribution in [1.82, 2.24) is 10.2 Å². The van der Waals surface area contributed by atoms with Gasteiger partial charge in [0.25, 0.3) is 0 Å². The van der Waals surface area contributed by atoms with Gasteiger partial charge in [0, 0.05) is 23.8 Å². The average molecular weight is 284 g/mol. The Morgan fingerprint density at radius 3 is 2.63 bits per heavy atom. The molecule has 3 N–H and O–H groups in total. The second-order valence-corrected chi connectivity index (χ2v) is 4.75. The van der Waals surface area contributed by atoms with Gasteiger partial charge in [-0.2, -0.15) is 0 Å². The number of carboxylic acid groups (broad SMARTS) is 1. The largest absolute Gasteiger partial charge is 0.465 e. The first-order valence-corrected chi connectivity index (χ1v) is 6.23. The minimum atomic E-state index is -1.06. The van der Waals surface area contributed by atoms with Crippen LogP contribution < -0.4 is 10.6 Å². The summed E-state index contributed by atoms with van der Waals surface area (Å²) in [6.07, 6.45) is -0.440. The maximum absolute atomic E-state index is 11.9. The Kier molecular flexibility index (Phi) is 4.11. The number of hydrogen-bond acceptors (Lipinski definition) is 2. The van der Waals surface area contributed by atoms with Crippen LogP contribution in [-0.2, 0) is 0 Å². The van der Waals surface area contributed by atoms with Crippen LogP contribution in [0.4, 0.5) is 15.3 Å². The zero-order chi connectivity index (χ0) is 13.8. The molecule has 7 heteroatoms. The topological polar surface area (TPSA) is 81.7 Å². The van der Waals surface area contributed by atoms with Gasteiger partial charge in [0.1, 0.15) is 0 Å². The Morgan fingerprint density at radius 1 is 1.32 bits per heavy atom. The van der Waals surface area contributed by atoms with Gasteiger partial charge in [-0.15, -0.1) is 0 Å². The van der Waals surface area contributed by atoms with E-state index in [0.29, 0.717) is 30.2 Å². The van der Waals surface area contributed by atoms with Crippen molar-refractivity contribution in [2.45, 2.75) is 12.5 Å². The highest BCUT2D eigenvalue weighted by molar-refractivity contribution is 6.30. The van der Waals surface area contributed by atoms with Gasteiger partial charge in [-0.3, -0.25) is 0 Å². The zero-order valence-corrected chi connectivity index (χ0v) is 10.9. The number of nitrogens with one attached hydrogen (secondary N) is 2. The Bertz CT molecular complexity index is 478. The SMILES string of the molecule is O=C(O)NC1CCN(C(=O)Nc2ccc(Cl)cc2)C1. The van der Waals surface area contributed by atoms with E-state index in [1.807, 2.05) is 0 Å². The van der Waals surface area contributed by atoms with Crippen molar-refractivity contribution in [2.24, 2.45) is 0 Å². The van der Waals surface area contributed by atoms with Crippen LogP contribution in [0.3, 0.4) is 0 Å². The summed E-state index contributed by atoms with van der Waals surface area (Å²) in [6, 6.07) is 6.36. The number of urea groups is 1. The zero-order valence-electron chi connectivity index (χ0n) is 10.1. The molecule has 0 saturated carbocycles. The van der Waals surface area contributed by atoms with Gasteiger partial charge >= 0.3 is 12.1 Å². The summed E-state index contributed by atoms with van der Waals surface area (Å²) in [5, 5.41) is 14.3. The molecule has 1 unspecified atom stereocenters. The summed E-state index contributed by atoms with van der Waals surface area (Å²) in [4.78, 5) is 24.0. The lowest BCUT2D eigenvalue weighted by atomic mass is 10.3. The lowest BCUT2D eigenvalue weighted by molar-refractivity contribution is 0.189. The van der Waals surface area contributed by atoms with Crippen LogP contribution >= 0.6 is 11.6 Å². The molecular weight excluding hydrogens is 270 g/mol. The first kappa shape index (κ1) is 13.5. The first-order valence-electron chi connectivity index (χ1n) is 5.85. The molecule has 19 heavy (non-hydrogen) atoms. The van der Waals surface area contributed by atoms with Crippen LogP contribution in [0.5, 0.6) is 0 Å². The van der Waals surface area contributed by atoms with Crippen LogP contribution in [0.15, 0.2) is 24.3 Å². The van der Waals surface area contributed by atoms with E-state index in [0.717, 1.165) is 0 Å². The molecule has 0 bridgehead atoms. The van der Waals surface area contributed by atoms with Crippen molar-refractivity contribution in [3.8, 4) is 0 Å². The highest BCUT2D eigenvalue weighted by Crippen LogP contribution is 2.15. The summed E-state index contributed by atoms with van der Waals surface area (Å²) in [5.41, 5.74) is 0.657. The number of likely N-dealkylation sites (tertiary alicyclic amines) is 1. The van der Waals surface area contributed by atoms with E-state index < -0.39 is 6.09 Å². The van der Waals surface area contributed by atoms with Gasteiger partial charge in [0.2, 0.25) is 0 Å². The smallest absolute Gasteiger partial charge is 0.404 e. The summed E-state index contributed by atoms with van der Waals surface area (Å²) in [6.45, 7) is 0.913. The third kappa shape index (κ3) is 3.75. The standard InChI is InChI=1S/C12H14ClN3O3/c13-8-1-3-9(4-2-8)14-11(17)16-6-5-10(7-16)15-12(18)19/h1-4,10,15H,5-7H2,(H,14,17)(H,18,19). The molecule has 1 saturated heterocycles. The van der Waals surface area contributed by atoms with E-state index in [9.17, 15) is 9.59 Å². The maximum Gasteiger partial charge on any atom is 0.404 e. The number of carbonyl (C=O) groups is 2. The van der Waals surface area contributed by atoms with Crippen molar-refractivity contribution < 1.29 is 14.7 Å². The monoisotopic (exact) mass is 283 g/mol. The lowest BCUT2D eigenvalue weighted by Gasteiger charge is -2.17. The normalized spacial score (nSPS) is 18.2. The second kappa shape index (κ2) is 5.79. The Morgan fingerprint density at radius 2 is 2.00 bits per heavy atom. The summed E-state index contributed by atoms with van der Waals surface area (Å²) >= 11 is 5.76. The third-order valence-electron chi connectivity index (χ3n) is 2.90. The molecule has 0 aliphatic carbocycles. The fourth-order valence-electron chi connectivity index (χ4n) is 1.97. The van der Waals surface area contributed by atoms with Crippen LogP contribution in [0.25, 0.3) is 0 Å². The molecule has 1 aliphatic rings. The van der Waals surface area contributed by atoms with E-state index in [1.165, 1.54) is 0 Å². The van der Waals surface area contributed by atoms with Crippen LogP contribution in [0.2, 0.25) is 5.02 Å². The third-order valence-corrected chi connectivity index (χ3v) is 3.15. The van der Waals surface area contributed by atoms with E-state index in [2.05, 4.69) is 10.6 Å². The molecular formula is C12H14ClN3O3. The first-order chi connectivity index (χ1) is 9.04. The van der Waals surface area contributed by atoms with E-state index >= 15 is 0 Å². The number of anilines is 1. The fourth-order valence-corrected chi connectivity index (χ4v) is 2.10. The predicted octanol–water partition coefficient (Wildman–Crippen LogP) is 2.21. The quantitative estimate of drug-likeness (QED) is 0.778. The van der Waals surface area contributed by atoms with Crippen LogP contribution in [0.1, 0.15) is 6.42 Å². The van der Waals surface area contributed by atoms with Crippen LogP contribution in [0, 0.1) is 0 Å². The van der Waals surface area contributed by atoms with Gasteiger partial charge in [0.15, 0.2) is 0 Å². The number of halogens is 1. The van der Waals surface area contributed by atoms with Crippen molar-refractivity contribution in [3.63, 3.8) is 0 Å². The molecule has 0 aromatic heterocycles. The molecule has 6 nitrogen and oxygen atoms in total. The van der Waals surface area contributed by atoms with E-state index in [4.69, 9.17) is 16.7 Å². The van der Waals surface area contributed by atoms with Crippen LogP contribution in [-0.4, -0.2) is 41.3 Å². The molecule has 2 rings (SSSR count). The molecule has 1 aromatic carbocycles. The van der Waals surface area contributed by atoms with Gasteiger partial charge in [-0.1, -0.05) is 11.6 Å². The fraction of sp³-hybridized carbons (Fsp3) is 0.333. The summed E-state index contributed by atoms with van der Waals surface area (Å²) in [7, 11) is 0. The molecule has 1 aromatic rings. The van der Waals surface area contributed by atoms with Crippen molar-refractivity contribution >= 4 is 29.4 Å². The number of carbonyl (C=O) groups excluding carboxylic acids is 1. The molecule has 0 spiro atoms. The molecule has 102 valence electrons. The second-order valence-electron chi connectivity index (χ2n) is 4.32. The highest BCUT2D eigenvalue weighted by atomic mass is 35.5. The highest BCUT2D eigenvalue weighted by Gasteiger charge is 2.27. The molecule has 3 amide bonds.